The minimum atomic E-state index is -0.448. The highest BCUT2D eigenvalue weighted by Crippen LogP contribution is 2.26. The first-order valence-electron chi connectivity index (χ1n) is 6.11. The molecule has 0 N–H and O–H groups in total. The Morgan fingerprint density at radius 3 is 2.40 bits per heavy atom. The van der Waals surface area contributed by atoms with Gasteiger partial charge in [-0.3, -0.25) is 0 Å². The molecule has 0 radical (unpaired) electrons. The lowest BCUT2D eigenvalue weighted by atomic mass is 9.94. The van der Waals surface area contributed by atoms with Crippen LogP contribution in [0.5, 0.6) is 0 Å². The number of ether oxygens (including phenoxy) is 1. The maximum Gasteiger partial charge on any atom is 0.331 e. The monoisotopic (exact) mass is 263 g/mol. The van der Waals surface area contributed by atoms with Crippen LogP contribution in [0.2, 0.25) is 0 Å². The molecule has 0 atom stereocenters. The molecule has 2 aromatic carbocycles. The molecule has 0 aliphatic rings. The molecule has 0 aliphatic heterocycles. The predicted molar refractivity (Wildman–Crippen MR) is 76.7 cm³/mol. The Morgan fingerprint density at radius 2 is 1.75 bits per heavy atom. The lowest BCUT2D eigenvalue weighted by Crippen LogP contribution is -1.99. The van der Waals surface area contributed by atoms with Crippen LogP contribution in [-0.4, -0.2) is 13.1 Å². The number of nitrogens with zero attached hydrogens (tertiary/aromatic N) is 1. The van der Waals surface area contributed by atoms with E-state index in [9.17, 15) is 10.1 Å². The van der Waals surface area contributed by atoms with Crippen molar-refractivity contribution in [1.29, 1.82) is 5.26 Å². The molecule has 98 valence electrons. The van der Waals surface area contributed by atoms with E-state index in [0.29, 0.717) is 16.7 Å². The van der Waals surface area contributed by atoms with Crippen LogP contribution >= 0.6 is 0 Å². The smallest absolute Gasteiger partial charge is 0.331 e. The molecule has 3 heteroatoms. The van der Waals surface area contributed by atoms with E-state index in [1.54, 1.807) is 12.1 Å². The Kier molecular flexibility index (Phi) is 4.31. The van der Waals surface area contributed by atoms with Crippen LogP contribution in [0, 0.1) is 11.3 Å². The van der Waals surface area contributed by atoms with Crippen LogP contribution in [0.3, 0.4) is 0 Å². The average molecular weight is 263 g/mol. The van der Waals surface area contributed by atoms with Gasteiger partial charge in [0.25, 0.3) is 0 Å². The molecule has 3 nitrogen and oxygen atoms in total. The van der Waals surface area contributed by atoms with Gasteiger partial charge in [-0.1, -0.05) is 48.5 Å². The van der Waals surface area contributed by atoms with Crippen LogP contribution < -0.4 is 0 Å². The molecule has 0 spiro atoms. The van der Waals surface area contributed by atoms with E-state index in [1.807, 2.05) is 42.5 Å². The van der Waals surface area contributed by atoms with E-state index in [0.717, 1.165) is 5.56 Å². The summed E-state index contributed by atoms with van der Waals surface area (Å²) in [7, 11) is 1.33. The summed E-state index contributed by atoms with van der Waals surface area (Å²) in [5.41, 5.74) is 2.77. The molecule has 0 aromatic heterocycles. The van der Waals surface area contributed by atoms with Crippen molar-refractivity contribution in [2.24, 2.45) is 0 Å². The maximum absolute atomic E-state index is 11.6. The second-order valence-corrected chi connectivity index (χ2v) is 4.10. The second kappa shape index (κ2) is 6.35. The van der Waals surface area contributed by atoms with E-state index in [-0.39, 0.29) is 0 Å². The van der Waals surface area contributed by atoms with Crippen molar-refractivity contribution < 1.29 is 9.53 Å². The van der Waals surface area contributed by atoms with Gasteiger partial charge >= 0.3 is 5.97 Å². The number of hydrogen-bond acceptors (Lipinski definition) is 3. The number of rotatable bonds is 3. The number of esters is 1. The van der Waals surface area contributed by atoms with Crippen LogP contribution in [0.4, 0.5) is 0 Å². The lowest BCUT2D eigenvalue weighted by Gasteiger charge is -2.09. The third-order valence-corrected chi connectivity index (χ3v) is 2.89. The molecule has 2 rings (SSSR count). The summed E-state index contributed by atoms with van der Waals surface area (Å²) in [6.45, 7) is 0. The highest BCUT2D eigenvalue weighted by Gasteiger charge is 2.11. The van der Waals surface area contributed by atoms with Crippen LogP contribution in [0.1, 0.15) is 16.7 Å². The Hall–Kier alpha value is -2.86. The number of carbonyl (C=O) groups is 1. The van der Waals surface area contributed by atoms with Crippen LogP contribution in [-0.2, 0) is 9.53 Å². The molecular formula is C17H13NO2. The number of benzene rings is 2. The van der Waals surface area contributed by atoms with Crippen molar-refractivity contribution in [2.45, 2.75) is 0 Å². The molecular weight excluding hydrogens is 250 g/mol. The van der Waals surface area contributed by atoms with Crippen molar-refractivity contribution in [2.75, 3.05) is 7.11 Å². The summed E-state index contributed by atoms with van der Waals surface area (Å²) in [5.74, 6) is -0.448. The minimum absolute atomic E-state index is 0.448. The molecule has 0 aliphatic carbocycles. The molecule has 2 aromatic rings. The highest BCUT2D eigenvalue weighted by molar-refractivity contribution is 5.97. The largest absolute Gasteiger partial charge is 0.466 e. The number of carbonyl (C=O) groups excluding carboxylic acids is 1. The highest BCUT2D eigenvalue weighted by atomic mass is 16.5. The summed E-state index contributed by atoms with van der Waals surface area (Å²) in [4.78, 5) is 11.6. The van der Waals surface area contributed by atoms with E-state index in [2.05, 4.69) is 6.07 Å². The normalized spacial score (nSPS) is 10.7. The third kappa shape index (κ3) is 2.93. The van der Waals surface area contributed by atoms with Gasteiger partial charge in [0, 0.05) is 11.6 Å². The average Bonchev–Trinajstić information content (AvgIpc) is 2.53. The van der Waals surface area contributed by atoms with Crippen molar-refractivity contribution >= 4 is 11.5 Å². The SMILES string of the molecule is COC(=O)/C=C(\c1ccccc1)c1ccccc1C#N. The van der Waals surface area contributed by atoms with Gasteiger partial charge in [0.05, 0.1) is 18.7 Å². The van der Waals surface area contributed by atoms with E-state index in [4.69, 9.17) is 4.74 Å². The summed E-state index contributed by atoms with van der Waals surface area (Å²) in [5, 5.41) is 9.21. The van der Waals surface area contributed by atoms with Gasteiger partial charge in [0.15, 0.2) is 0 Å². The molecule has 20 heavy (non-hydrogen) atoms. The van der Waals surface area contributed by atoms with E-state index >= 15 is 0 Å². The fraction of sp³-hybridized carbons (Fsp3) is 0.0588. The Balaban J connectivity index is 2.62. The first kappa shape index (κ1) is 13.6. The van der Waals surface area contributed by atoms with E-state index in [1.165, 1.54) is 13.2 Å². The molecule has 0 fully saturated rings. The fourth-order valence-corrected chi connectivity index (χ4v) is 1.93. The van der Waals surface area contributed by atoms with Gasteiger partial charge in [0.2, 0.25) is 0 Å². The molecule has 0 amide bonds. The minimum Gasteiger partial charge on any atom is -0.466 e. The van der Waals surface area contributed by atoms with Crippen LogP contribution in [0.15, 0.2) is 60.7 Å². The van der Waals surface area contributed by atoms with Gasteiger partial charge in [0.1, 0.15) is 0 Å². The van der Waals surface area contributed by atoms with Gasteiger partial charge in [-0.15, -0.1) is 0 Å². The predicted octanol–water partition coefficient (Wildman–Crippen LogP) is 3.16. The summed E-state index contributed by atoms with van der Waals surface area (Å²) in [6.07, 6.45) is 1.41. The summed E-state index contributed by atoms with van der Waals surface area (Å²) < 4.78 is 4.70. The first-order valence-corrected chi connectivity index (χ1v) is 6.11. The number of nitriles is 1. The molecule has 0 unspecified atom stereocenters. The first-order chi connectivity index (χ1) is 9.76. The number of hydrogen-bond donors (Lipinski definition) is 0. The topological polar surface area (TPSA) is 50.1 Å². The van der Waals surface area contributed by atoms with Crippen molar-refractivity contribution in [3.8, 4) is 6.07 Å². The molecule has 0 saturated heterocycles. The van der Waals surface area contributed by atoms with Crippen molar-refractivity contribution in [3.05, 3.63) is 77.4 Å². The zero-order valence-electron chi connectivity index (χ0n) is 11.0. The van der Waals surface area contributed by atoms with Gasteiger partial charge in [-0.25, -0.2) is 4.79 Å². The standard InChI is InChI=1S/C17H13NO2/c1-20-17(19)11-16(13-7-3-2-4-8-13)15-10-6-5-9-14(15)12-18/h2-11H,1H3/b16-11+. The quantitative estimate of drug-likeness (QED) is 0.631. The molecule has 0 saturated carbocycles. The zero-order chi connectivity index (χ0) is 14.4. The molecule has 0 bridgehead atoms. The Labute approximate surface area is 117 Å². The van der Waals surface area contributed by atoms with Crippen molar-refractivity contribution in [1.82, 2.24) is 0 Å². The van der Waals surface area contributed by atoms with Crippen molar-refractivity contribution in [3.63, 3.8) is 0 Å². The zero-order valence-corrected chi connectivity index (χ0v) is 11.0. The fourth-order valence-electron chi connectivity index (χ4n) is 1.93. The number of methoxy groups -OCH3 is 1. The summed E-state index contributed by atoms with van der Waals surface area (Å²) in [6, 6.07) is 18.8. The van der Waals surface area contributed by atoms with E-state index < -0.39 is 5.97 Å². The third-order valence-electron chi connectivity index (χ3n) is 2.89. The maximum atomic E-state index is 11.6. The lowest BCUT2D eigenvalue weighted by molar-refractivity contribution is -0.134. The Morgan fingerprint density at radius 1 is 1.10 bits per heavy atom. The van der Waals surface area contributed by atoms with Gasteiger partial charge in [-0.05, 0) is 17.2 Å². The van der Waals surface area contributed by atoms with Gasteiger partial charge in [-0.2, -0.15) is 5.26 Å². The molecule has 0 heterocycles. The Bertz CT molecular complexity index is 682. The van der Waals surface area contributed by atoms with Crippen LogP contribution in [0.25, 0.3) is 5.57 Å². The summed E-state index contributed by atoms with van der Waals surface area (Å²) >= 11 is 0. The second-order valence-electron chi connectivity index (χ2n) is 4.10. The van der Waals surface area contributed by atoms with Gasteiger partial charge < -0.3 is 4.74 Å².